The van der Waals surface area contributed by atoms with Crippen LogP contribution in [0.2, 0.25) is 0 Å². The number of thioether (sulfide) groups is 2. The largest absolute Gasteiger partial charge is 0.393 e. The fourth-order valence-corrected chi connectivity index (χ4v) is 2.36. The highest BCUT2D eigenvalue weighted by molar-refractivity contribution is 8.22. The first-order chi connectivity index (χ1) is 6.29. The summed E-state index contributed by atoms with van der Waals surface area (Å²) in [5.41, 5.74) is 10.8. The second-order valence-electron chi connectivity index (χ2n) is 2.30. The van der Waals surface area contributed by atoms with Crippen molar-refractivity contribution in [2.75, 3.05) is 0 Å². The highest BCUT2D eigenvalue weighted by atomic mass is 32.2. The molecule has 2 nitrogen and oxygen atoms in total. The molecule has 1 aromatic rings. The molecule has 1 aromatic carbocycles. The van der Waals surface area contributed by atoms with Gasteiger partial charge in [-0.2, -0.15) is 0 Å². The zero-order valence-electron chi connectivity index (χ0n) is 7.09. The van der Waals surface area contributed by atoms with Gasteiger partial charge in [0, 0.05) is 5.41 Å². The molecule has 4 heteroatoms. The number of benzene rings is 1. The molecule has 4 N–H and O–H groups in total. The Balaban J connectivity index is 0.000000132. The van der Waals surface area contributed by atoms with Crippen molar-refractivity contribution >= 4 is 23.5 Å². The van der Waals surface area contributed by atoms with Gasteiger partial charge in [-0.15, -0.1) is 11.8 Å². The summed E-state index contributed by atoms with van der Waals surface area (Å²) in [6.45, 7) is 0. The first-order valence-electron chi connectivity index (χ1n) is 3.82. The lowest BCUT2D eigenvalue weighted by Gasteiger charge is -1.94. The van der Waals surface area contributed by atoms with E-state index in [0.717, 1.165) is 5.03 Å². The lowest BCUT2D eigenvalue weighted by molar-refractivity contribution is 1.32. The van der Waals surface area contributed by atoms with Crippen molar-refractivity contribution in [1.82, 2.24) is 0 Å². The first-order valence-corrected chi connectivity index (χ1v) is 5.64. The lowest BCUT2D eigenvalue weighted by atomic mass is 10.4. The van der Waals surface area contributed by atoms with Gasteiger partial charge < -0.3 is 11.5 Å². The van der Waals surface area contributed by atoms with E-state index in [1.165, 1.54) is 11.8 Å². The van der Waals surface area contributed by atoms with Gasteiger partial charge in [-0.05, 0) is 0 Å². The van der Waals surface area contributed by atoms with E-state index in [4.69, 9.17) is 11.5 Å². The molecular formula is C9H12N2S2. The van der Waals surface area contributed by atoms with Crippen LogP contribution in [0.25, 0.3) is 0 Å². The topological polar surface area (TPSA) is 52.0 Å². The monoisotopic (exact) mass is 212 g/mol. The minimum Gasteiger partial charge on any atom is -0.393 e. The van der Waals surface area contributed by atoms with Gasteiger partial charge in [0.05, 0.1) is 5.03 Å². The summed E-state index contributed by atoms with van der Waals surface area (Å²) >= 11 is 3.06. The van der Waals surface area contributed by atoms with Crippen molar-refractivity contribution in [3.05, 3.63) is 46.8 Å². The van der Waals surface area contributed by atoms with E-state index in [-0.39, 0.29) is 4.71 Å². The van der Waals surface area contributed by atoms with E-state index in [1.807, 2.05) is 41.8 Å². The molecule has 2 rings (SSSR count). The smallest absolute Gasteiger partial charge is 0.108 e. The standard InChI is InChI=1S/C6H6.C3H6N2S2/c1-2-4-6-5-3-1;4-2-1-6-3(5)7-2/h1-6H;1,3H,4-5H2. The van der Waals surface area contributed by atoms with E-state index in [9.17, 15) is 0 Å². The van der Waals surface area contributed by atoms with Gasteiger partial charge in [0.1, 0.15) is 4.71 Å². The van der Waals surface area contributed by atoms with E-state index in [1.54, 1.807) is 11.8 Å². The maximum Gasteiger partial charge on any atom is 0.108 e. The number of hydrogen-bond donors (Lipinski definition) is 2. The van der Waals surface area contributed by atoms with Crippen LogP contribution in [-0.4, -0.2) is 4.71 Å². The molecule has 0 bridgehead atoms. The highest BCUT2D eigenvalue weighted by Gasteiger charge is 2.09. The number of hydrogen-bond acceptors (Lipinski definition) is 4. The predicted molar refractivity (Wildman–Crippen MR) is 61.9 cm³/mol. The second-order valence-corrected chi connectivity index (χ2v) is 4.83. The molecular weight excluding hydrogens is 200 g/mol. The molecule has 1 unspecified atom stereocenters. The van der Waals surface area contributed by atoms with Gasteiger partial charge in [-0.25, -0.2) is 0 Å². The molecule has 1 atom stereocenters. The Morgan fingerprint density at radius 1 is 1.00 bits per heavy atom. The molecule has 0 amide bonds. The van der Waals surface area contributed by atoms with E-state index >= 15 is 0 Å². The Kier molecular flexibility index (Phi) is 4.82. The van der Waals surface area contributed by atoms with Gasteiger partial charge >= 0.3 is 0 Å². The molecule has 0 spiro atoms. The molecule has 1 aliphatic heterocycles. The summed E-state index contributed by atoms with van der Waals surface area (Å²) in [6.07, 6.45) is 0. The van der Waals surface area contributed by atoms with Crippen LogP contribution in [0.3, 0.4) is 0 Å². The van der Waals surface area contributed by atoms with Crippen molar-refractivity contribution in [2.24, 2.45) is 11.5 Å². The van der Waals surface area contributed by atoms with Crippen LogP contribution in [0, 0.1) is 0 Å². The fraction of sp³-hybridized carbons (Fsp3) is 0.111. The van der Waals surface area contributed by atoms with Crippen molar-refractivity contribution in [1.29, 1.82) is 0 Å². The van der Waals surface area contributed by atoms with Crippen LogP contribution < -0.4 is 11.5 Å². The molecule has 0 fully saturated rings. The van der Waals surface area contributed by atoms with E-state index in [2.05, 4.69) is 0 Å². The summed E-state index contributed by atoms with van der Waals surface area (Å²) in [5, 5.41) is 2.70. The van der Waals surface area contributed by atoms with Crippen LogP contribution in [0.4, 0.5) is 0 Å². The van der Waals surface area contributed by atoms with Gasteiger partial charge in [0.25, 0.3) is 0 Å². The zero-order chi connectivity index (χ0) is 9.52. The van der Waals surface area contributed by atoms with Crippen LogP contribution in [0.15, 0.2) is 46.8 Å². The average molecular weight is 212 g/mol. The summed E-state index contributed by atoms with van der Waals surface area (Å²) in [4.78, 5) is 0. The van der Waals surface area contributed by atoms with Crippen LogP contribution >= 0.6 is 23.5 Å². The molecule has 1 heterocycles. The van der Waals surface area contributed by atoms with Crippen LogP contribution in [0.1, 0.15) is 0 Å². The second kappa shape index (κ2) is 5.96. The Hall–Kier alpha value is -0.580. The summed E-state index contributed by atoms with van der Waals surface area (Å²) in [5.74, 6) is 0. The minimum absolute atomic E-state index is 0.139. The highest BCUT2D eigenvalue weighted by Crippen LogP contribution is 2.32. The third-order valence-electron chi connectivity index (χ3n) is 1.24. The maximum atomic E-state index is 5.42. The molecule has 0 radical (unpaired) electrons. The Bertz CT molecular complexity index is 235. The Labute approximate surface area is 86.8 Å². The third kappa shape index (κ3) is 4.87. The van der Waals surface area contributed by atoms with Gasteiger partial charge in [-0.3, -0.25) is 0 Å². The molecule has 13 heavy (non-hydrogen) atoms. The van der Waals surface area contributed by atoms with Crippen molar-refractivity contribution in [3.63, 3.8) is 0 Å². The zero-order valence-corrected chi connectivity index (χ0v) is 8.72. The predicted octanol–water partition coefficient (Wildman–Crippen LogP) is 2.15. The van der Waals surface area contributed by atoms with E-state index in [0.29, 0.717) is 0 Å². The fourth-order valence-electron chi connectivity index (χ4n) is 0.709. The quantitative estimate of drug-likeness (QED) is 0.692. The van der Waals surface area contributed by atoms with Crippen LogP contribution in [-0.2, 0) is 0 Å². The molecule has 0 saturated carbocycles. The molecule has 70 valence electrons. The van der Waals surface area contributed by atoms with Crippen molar-refractivity contribution in [2.45, 2.75) is 4.71 Å². The molecule has 1 aliphatic rings. The minimum atomic E-state index is 0.139. The van der Waals surface area contributed by atoms with Crippen molar-refractivity contribution in [3.8, 4) is 0 Å². The SMILES string of the molecule is NC1=CSC(N)S1.c1ccccc1. The third-order valence-corrected chi connectivity index (χ3v) is 3.29. The van der Waals surface area contributed by atoms with Crippen molar-refractivity contribution < 1.29 is 0 Å². The normalized spacial score (nSPS) is 20.1. The maximum absolute atomic E-state index is 5.42. The number of rotatable bonds is 0. The van der Waals surface area contributed by atoms with Crippen LogP contribution in [0.5, 0.6) is 0 Å². The van der Waals surface area contributed by atoms with Gasteiger partial charge in [-0.1, -0.05) is 48.2 Å². The molecule has 0 saturated heterocycles. The molecule has 0 aromatic heterocycles. The van der Waals surface area contributed by atoms with E-state index < -0.39 is 0 Å². The molecule has 0 aliphatic carbocycles. The number of nitrogens with two attached hydrogens (primary N) is 2. The Morgan fingerprint density at radius 3 is 1.62 bits per heavy atom. The Morgan fingerprint density at radius 2 is 1.46 bits per heavy atom. The average Bonchev–Trinajstić information content (AvgIpc) is 2.54. The first kappa shape index (κ1) is 10.5. The summed E-state index contributed by atoms with van der Waals surface area (Å²) < 4.78 is 0.139. The lowest BCUT2D eigenvalue weighted by Crippen LogP contribution is -2.06. The van der Waals surface area contributed by atoms with Gasteiger partial charge in [0.2, 0.25) is 0 Å². The summed E-state index contributed by atoms with van der Waals surface area (Å²) in [7, 11) is 0. The van der Waals surface area contributed by atoms with Gasteiger partial charge in [0.15, 0.2) is 0 Å². The summed E-state index contributed by atoms with van der Waals surface area (Å²) in [6, 6.07) is 12.0.